The van der Waals surface area contributed by atoms with Gasteiger partial charge in [0.05, 0.1) is 17.1 Å². The second-order valence-electron chi connectivity index (χ2n) is 9.49. The number of hydrogen-bond donors (Lipinski definition) is 3. The molecule has 3 N–H and O–H groups in total. The normalized spacial score (nSPS) is 14.7. The number of aryl methyl sites for hydroxylation is 2. The van der Waals surface area contributed by atoms with Gasteiger partial charge < -0.3 is 10.6 Å². The van der Waals surface area contributed by atoms with Gasteiger partial charge in [-0.3, -0.25) is 5.10 Å². The molecule has 198 valence electrons. The summed E-state index contributed by atoms with van der Waals surface area (Å²) in [6.07, 6.45) is 7.90. The zero-order chi connectivity index (χ0) is 26.6. The molecule has 1 aromatic carbocycles. The predicted octanol–water partition coefficient (Wildman–Crippen LogP) is 6.85. The maximum atomic E-state index is 15.2. The number of allylic oxidation sites excluding steroid dienone is 1. The summed E-state index contributed by atoms with van der Waals surface area (Å²) in [4.78, 5) is 8.55. The summed E-state index contributed by atoms with van der Waals surface area (Å²) in [5, 5.41) is 14.4. The molecular weight excluding hydrogens is 515 g/mol. The van der Waals surface area contributed by atoms with Gasteiger partial charge in [0.1, 0.15) is 10.8 Å². The molecular formula is C26H32ClFN6O2S. The molecule has 0 saturated heterocycles. The standard InChI is InChI=1S/C26H32ClFN6O2S/c1-4-7-18(8-5-6-11-37(35,36)19-9-10-19)20-14-22(28)23(12-16(20)2)30-26-29-15-21(27)25(32-26)31-24-13-17(3)33-34-24/h6,11-15,18-19H,4-5,7-10H2,1-3H3,(H3,29,30,31,32,33,34)/b11-6-. The maximum absolute atomic E-state index is 15.2. The summed E-state index contributed by atoms with van der Waals surface area (Å²) in [6, 6.07) is 5.12. The topological polar surface area (TPSA) is 113 Å². The van der Waals surface area contributed by atoms with Crippen molar-refractivity contribution in [3.05, 3.63) is 63.5 Å². The van der Waals surface area contributed by atoms with Crippen LogP contribution in [0, 0.1) is 19.7 Å². The van der Waals surface area contributed by atoms with Crippen LogP contribution in [0.1, 0.15) is 68.2 Å². The minimum atomic E-state index is -3.11. The van der Waals surface area contributed by atoms with Crippen molar-refractivity contribution < 1.29 is 12.8 Å². The Balaban J connectivity index is 1.47. The quantitative estimate of drug-likeness (QED) is 0.227. The van der Waals surface area contributed by atoms with E-state index in [2.05, 4.69) is 37.7 Å². The summed E-state index contributed by atoms with van der Waals surface area (Å²) >= 11 is 6.23. The van der Waals surface area contributed by atoms with Crippen molar-refractivity contribution >= 4 is 44.7 Å². The predicted molar refractivity (Wildman–Crippen MR) is 146 cm³/mol. The van der Waals surface area contributed by atoms with Gasteiger partial charge in [0, 0.05) is 17.2 Å². The van der Waals surface area contributed by atoms with E-state index in [0.717, 1.165) is 48.9 Å². The Kier molecular flexibility index (Phi) is 8.49. The number of hydrogen-bond acceptors (Lipinski definition) is 7. The van der Waals surface area contributed by atoms with Crippen molar-refractivity contribution in [2.45, 2.75) is 70.5 Å². The van der Waals surface area contributed by atoms with Crippen molar-refractivity contribution in [2.75, 3.05) is 10.6 Å². The molecule has 2 heterocycles. The lowest BCUT2D eigenvalue weighted by Crippen LogP contribution is -2.06. The molecule has 8 nitrogen and oxygen atoms in total. The minimum absolute atomic E-state index is 0.127. The Morgan fingerprint density at radius 1 is 1.22 bits per heavy atom. The van der Waals surface area contributed by atoms with E-state index < -0.39 is 15.7 Å². The summed E-state index contributed by atoms with van der Waals surface area (Å²) in [6.45, 7) is 5.92. The number of aromatic nitrogens is 4. The zero-order valence-corrected chi connectivity index (χ0v) is 22.8. The molecule has 1 unspecified atom stereocenters. The van der Waals surface area contributed by atoms with Crippen LogP contribution in [0.25, 0.3) is 0 Å². The Bertz CT molecular complexity index is 1390. The molecule has 0 aliphatic heterocycles. The van der Waals surface area contributed by atoms with Gasteiger partial charge in [-0.2, -0.15) is 10.1 Å². The molecule has 3 aromatic rings. The average molecular weight is 547 g/mol. The van der Waals surface area contributed by atoms with Crippen molar-refractivity contribution in [3.63, 3.8) is 0 Å². The highest BCUT2D eigenvalue weighted by Crippen LogP contribution is 2.34. The minimum Gasteiger partial charge on any atom is -0.322 e. The third kappa shape index (κ3) is 7.07. The molecule has 0 spiro atoms. The van der Waals surface area contributed by atoms with Crippen LogP contribution in [-0.4, -0.2) is 33.8 Å². The van der Waals surface area contributed by atoms with Gasteiger partial charge in [0.2, 0.25) is 5.95 Å². The lowest BCUT2D eigenvalue weighted by Gasteiger charge is -2.20. The fourth-order valence-corrected chi connectivity index (χ4v) is 5.84. The van der Waals surface area contributed by atoms with E-state index in [1.54, 1.807) is 18.2 Å². The largest absolute Gasteiger partial charge is 0.322 e. The molecule has 1 saturated carbocycles. The van der Waals surface area contributed by atoms with Crippen LogP contribution in [0.2, 0.25) is 5.02 Å². The van der Waals surface area contributed by atoms with Gasteiger partial charge in [-0.25, -0.2) is 17.8 Å². The number of nitrogens with one attached hydrogen (secondary N) is 3. The van der Waals surface area contributed by atoms with Crippen molar-refractivity contribution in [3.8, 4) is 0 Å². The van der Waals surface area contributed by atoms with E-state index in [0.29, 0.717) is 23.1 Å². The molecule has 2 aromatic heterocycles. The first kappa shape index (κ1) is 27.1. The van der Waals surface area contributed by atoms with Crippen molar-refractivity contribution in [1.29, 1.82) is 0 Å². The zero-order valence-electron chi connectivity index (χ0n) is 21.2. The van der Waals surface area contributed by atoms with E-state index >= 15 is 4.39 Å². The second-order valence-corrected chi connectivity index (χ2v) is 12.0. The Hall–Kier alpha value is -2.98. The maximum Gasteiger partial charge on any atom is 0.229 e. The molecule has 0 amide bonds. The highest BCUT2D eigenvalue weighted by atomic mass is 35.5. The van der Waals surface area contributed by atoms with Crippen LogP contribution in [0.15, 0.2) is 35.9 Å². The summed E-state index contributed by atoms with van der Waals surface area (Å²) in [5.41, 5.74) is 3.01. The Labute approximate surface area is 222 Å². The van der Waals surface area contributed by atoms with E-state index in [1.807, 2.05) is 19.9 Å². The third-order valence-corrected chi connectivity index (χ3v) is 8.58. The first-order chi connectivity index (χ1) is 17.7. The number of aromatic amines is 1. The molecule has 4 rings (SSSR count). The van der Waals surface area contributed by atoms with Gasteiger partial charge in [-0.05, 0) is 75.1 Å². The number of nitrogens with zero attached hydrogens (tertiary/aromatic N) is 3. The smallest absolute Gasteiger partial charge is 0.229 e. The van der Waals surface area contributed by atoms with Crippen LogP contribution in [-0.2, 0) is 9.84 Å². The van der Waals surface area contributed by atoms with Crippen LogP contribution in [0.4, 0.5) is 27.7 Å². The van der Waals surface area contributed by atoms with Crippen LogP contribution in [0.5, 0.6) is 0 Å². The van der Waals surface area contributed by atoms with Crippen molar-refractivity contribution in [2.24, 2.45) is 0 Å². The van der Waals surface area contributed by atoms with Crippen LogP contribution >= 0.6 is 11.6 Å². The van der Waals surface area contributed by atoms with Crippen LogP contribution < -0.4 is 10.6 Å². The SMILES string of the molecule is CCCC(CC/C=C\S(=O)(=O)C1CC1)c1cc(F)c(Nc2ncc(Cl)c(Nc3cc(C)[nH]n3)n2)cc1C. The lowest BCUT2D eigenvalue weighted by molar-refractivity contribution is 0.562. The molecule has 0 bridgehead atoms. The highest BCUT2D eigenvalue weighted by molar-refractivity contribution is 7.95. The highest BCUT2D eigenvalue weighted by Gasteiger charge is 2.33. The van der Waals surface area contributed by atoms with E-state index in [-0.39, 0.29) is 22.8 Å². The lowest BCUT2D eigenvalue weighted by atomic mass is 9.87. The number of sulfone groups is 1. The van der Waals surface area contributed by atoms with E-state index in [1.165, 1.54) is 11.6 Å². The molecule has 1 aliphatic rings. The van der Waals surface area contributed by atoms with Crippen molar-refractivity contribution in [1.82, 2.24) is 20.2 Å². The monoisotopic (exact) mass is 546 g/mol. The number of rotatable bonds is 12. The summed E-state index contributed by atoms with van der Waals surface area (Å²) < 4.78 is 39.4. The molecule has 37 heavy (non-hydrogen) atoms. The van der Waals surface area contributed by atoms with E-state index in [4.69, 9.17) is 11.6 Å². The van der Waals surface area contributed by atoms with Gasteiger partial charge in [-0.15, -0.1) is 0 Å². The number of halogens is 2. The Morgan fingerprint density at radius 2 is 2.00 bits per heavy atom. The average Bonchev–Trinajstić information content (AvgIpc) is 3.64. The first-order valence-corrected chi connectivity index (χ1v) is 14.4. The van der Waals surface area contributed by atoms with Gasteiger partial charge in [0.15, 0.2) is 21.5 Å². The molecule has 1 aliphatic carbocycles. The summed E-state index contributed by atoms with van der Waals surface area (Å²) in [5.74, 6) is 0.806. The third-order valence-electron chi connectivity index (χ3n) is 6.33. The summed E-state index contributed by atoms with van der Waals surface area (Å²) in [7, 11) is -3.11. The second kappa shape index (κ2) is 11.6. The van der Waals surface area contributed by atoms with Gasteiger partial charge in [-0.1, -0.05) is 31.0 Å². The first-order valence-electron chi connectivity index (χ1n) is 12.5. The Morgan fingerprint density at radius 3 is 2.68 bits per heavy atom. The van der Waals surface area contributed by atoms with E-state index in [9.17, 15) is 8.42 Å². The fraction of sp³-hybridized carbons (Fsp3) is 0.423. The number of anilines is 4. The molecule has 11 heteroatoms. The number of H-pyrrole nitrogens is 1. The molecule has 1 fully saturated rings. The molecule has 1 atom stereocenters. The van der Waals surface area contributed by atoms with Crippen LogP contribution in [0.3, 0.4) is 0 Å². The molecule has 0 radical (unpaired) electrons. The van der Waals surface area contributed by atoms with Gasteiger partial charge in [0.25, 0.3) is 0 Å². The fourth-order valence-electron chi connectivity index (χ4n) is 4.28. The number of benzene rings is 1. The van der Waals surface area contributed by atoms with Gasteiger partial charge >= 0.3 is 0 Å².